The first-order valence-electron chi connectivity index (χ1n) is 10.5. The normalized spacial score (nSPS) is 17.9. The Labute approximate surface area is 187 Å². The molecule has 0 unspecified atom stereocenters. The van der Waals surface area contributed by atoms with Gasteiger partial charge in [-0.25, -0.2) is 8.78 Å². The van der Waals surface area contributed by atoms with Crippen LogP contribution in [0.3, 0.4) is 0 Å². The predicted octanol–water partition coefficient (Wildman–Crippen LogP) is 3.22. The molecule has 0 saturated carbocycles. The van der Waals surface area contributed by atoms with Gasteiger partial charge in [-0.2, -0.15) is 0 Å². The number of aromatic nitrogens is 1. The number of hydrogen-bond donors (Lipinski definition) is 1. The van der Waals surface area contributed by atoms with E-state index >= 15 is 0 Å². The van der Waals surface area contributed by atoms with Gasteiger partial charge in [0.15, 0.2) is 17.2 Å². The van der Waals surface area contributed by atoms with Crippen molar-refractivity contribution in [2.45, 2.75) is 45.2 Å². The van der Waals surface area contributed by atoms with Crippen molar-refractivity contribution < 1.29 is 23.5 Å². The Balaban J connectivity index is 1.69. The number of pyridine rings is 1. The number of amides is 1. The minimum atomic E-state index is -0.953. The number of carbonyl (C=O) groups excluding carboxylic acids is 2. The zero-order valence-electron chi connectivity index (χ0n) is 17.4. The van der Waals surface area contributed by atoms with Crippen LogP contribution < -0.4 is 10.4 Å². The fourth-order valence-electron chi connectivity index (χ4n) is 4.42. The summed E-state index contributed by atoms with van der Waals surface area (Å²) in [7, 11) is 0. The number of benzene rings is 1. The average molecular weight is 466 g/mol. The summed E-state index contributed by atoms with van der Waals surface area (Å²) in [5.74, 6) is -3.73. The Morgan fingerprint density at radius 1 is 1.25 bits per heavy atom. The van der Waals surface area contributed by atoms with Crippen LogP contribution in [0.25, 0.3) is 0 Å². The number of rotatable bonds is 5. The van der Waals surface area contributed by atoms with E-state index in [0.29, 0.717) is 13.1 Å². The number of aromatic hydroxyl groups is 1. The van der Waals surface area contributed by atoms with Gasteiger partial charge in [0.1, 0.15) is 22.8 Å². The summed E-state index contributed by atoms with van der Waals surface area (Å²) in [6, 6.07) is 2.20. The summed E-state index contributed by atoms with van der Waals surface area (Å²) >= 11 is 5.58. The highest BCUT2D eigenvalue weighted by Crippen LogP contribution is 2.30. The van der Waals surface area contributed by atoms with Gasteiger partial charge in [-0.05, 0) is 44.2 Å². The van der Waals surface area contributed by atoms with Gasteiger partial charge in [0.25, 0.3) is 5.91 Å². The Morgan fingerprint density at radius 3 is 2.72 bits per heavy atom. The van der Waals surface area contributed by atoms with Gasteiger partial charge in [0.2, 0.25) is 5.43 Å². The lowest BCUT2D eigenvalue weighted by Gasteiger charge is -2.48. The molecular formula is C22H22ClF2N3O4. The van der Waals surface area contributed by atoms with Gasteiger partial charge in [-0.1, -0.05) is 17.7 Å². The number of piperidine rings is 1. The van der Waals surface area contributed by atoms with Gasteiger partial charge in [-0.15, -0.1) is 0 Å². The van der Waals surface area contributed by atoms with E-state index < -0.39 is 39.5 Å². The molecule has 7 nitrogen and oxygen atoms in total. The van der Waals surface area contributed by atoms with Crippen LogP contribution in [0.1, 0.15) is 59.0 Å². The molecule has 2 aliphatic rings. The van der Waals surface area contributed by atoms with Gasteiger partial charge in [0.05, 0.1) is 5.56 Å². The summed E-state index contributed by atoms with van der Waals surface area (Å²) in [6.45, 7) is 2.84. The molecule has 1 atom stereocenters. The van der Waals surface area contributed by atoms with Gasteiger partial charge >= 0.3 is 0 Å². The van der Waals surface area contributed by atoms with Crippen LogP contribution in [0.15, 0.2) is 23.1 Å². The second kappa shape index (κ2) is 8.54. The molecular weight excluding hydrogens is 444 g/mol. The molecule has 4 rings (SSSR count). The lowest BCUT2D eigenvalue weighted by Crippen LogP contribution is -2.63. The van der Waals surface area contributed by atoms with Crippen LogP contribution in [-0.2, 0) is 6.42 Å². The Morgan fingerprint density at radius 2 is 2.00 bits per heavy atom. The molecule has 32 heavy (non-hydrogen) atoms. The highest BCUT2D eigenvalue weighted by atomic mass is 35.5. The second-order valence-corrected chi connectivity index (χ2v) is 8.28. The Kier molecular flexibility index (Phi) is 5.94. The lowest BCUT2D eigenvalue weighted by molar-refractivity contribution is 0.0534. The monoisotopic (exact) mass is 465 g/mol. The Hall–Kier alpha value is -2.94. The second-order valence-electron chi connectivity index (χ2n) is 7.90. The lowest BCUT2D eigenvalue weighted by atomic mass is 10.0. The number of Topliss-reactive ketones (excluding diaryl/α,β-unsaturated/α-hetero) is 1. The van der Waals surface area contributed by atoms with Crippen LogP contribution in [0, 0.1) is 11.6 Å². The van der Waals surface area contributed by atoms with Crippen LogP contribution in [0.5, 0.6) is 5.75 Å². The number of nitrogens with zero attached hydrogens (tertiary/aromatic N) is 3. The number of ketones is 1. The van der Waals surface area contributed by atoms with Gasteiger partial charge < -0.3 is 10.0 Å². The first-order valence-corrected chi connectivity index (χ1v) is 10.9. The fourth-order valence-corrected chi connectivity index (χ4v) is 4.61. The molecule has 1 saturated heterocycles. The van der Waals surface area contributed by atoms with Crippen molar-refractivity contribution in [3.63, 3.8) is 0 Å². The van der Waals surface area contributed by atoms with E-state index in [-0.39, 0.29) is 35.8 Å². The minimum Gasteiger partial charge on any atom is -0.502 e. The molecule has 2 aromatic rings. The van der Waals surface area contributed by atoms with Crippen LogP contribution in [0.4, 0.5) is 8.78 Å². The molecule has 1 fully saturated rings. The number of aryl methyl sites for hydroxylation is 1. The molecule has 10 heteroatoms. The Bertz CT molecular complexity index is 1170. The van der Waals surface area contributed by atoms with E-state index in [0.717, 1.165) is 25.3 Å². The zero-order chi connectivity index (χ0) is 23.2. The quantitative estimate of drug-likeness (QED) is 0.541. The van der Waals surface area contributed by atoms with Crippen molar-refractivity contribution in [1.82, 2.24) is 9.58 Å². The predicted molar refractivity (Wildman–Crippen MR) is 114 cm³/mol. The third kappa shape index (κ3) is 3.54. The molecule has 1 aromatic heterocycles. The third-order valence-electron chi connectivity index (χ3n) is 6.09. The van der Waals surface area contributed by atoms with Crippen molar-refractivity contribution in [1.29, 1.82) is 0 Å². The SMILES string of the molecule is CCN1C(=O)c2c(O)c(=O)c(C(=O)CCc3ccc(F)c(Cl)c3F)cn2N2CCCC[C@@H]12. The maximum Gasteiger partial charge on any atom is 0.278 e. The topological polar surface area (TPSA) is 82.9 Å². The summed E-state index contributed by atoms with van der Waals surface area (Å²) in [4.78, 5) is 40.2. The standard InChI is InChI=1S/C22H22ClF2N3O4/c1-2-26-16-5-3-4-10-27(16)28-11-13(20(30)21(31)19(28)22(26)32)15(29)9-7-12-6-8-14(24)17(23)18(12)25/h6,8,11,16,31H,2-5,7,9-10H2,1H3/t16-/m0/s1. The number of hydrogen-bond acceptors (Lipinski definition) is 5. The smallest absolute Gasteiger partial charge is 0.278 e. The summed E-state index contributed by atoms with van der Waals surface area (Å²) < 4.78 is 28.9. The van der Waals surface area contributed by atoms with Crippen LogP contribution in [-0.4, -0.2) is 45.6 Å². The number of fused-ring (bicyclic) bond motifs is 3. The highest BCUT2D eigenvalue weighted by molar-refractivity contribution is 6.30. The largest absolute Gasteiger partial charge is 0.502 e. The molecule has 1 N–H and O–H groups in total. The summed E-state index contributed by atoms with van der Waals surface area (Å²) in [6.07, 6.45) is 3.23. The van der Waals surface area contributed by atoms with Crippen molar-refractivity contribution in [2.24, 2.45) is 0 Å². The van der Waals surface area contributed by atoms with E-state index in [1.54, 1.807) is 4.90 Å². The number of carbonyl (C=O) groups is 2. The molecule has 0 aliphatic carbocycles. The minimum absolute atomic E-state index is 0.0388. The maximum atomic E-state index is 14.1. The van der Waals surface area contributed by atoms with E-state index in [2.05, 4.69) is 0 Å². The van der Waals surface area contributed by atoms with Crippen molar-refractivity contribution >= 4 is 23.3 Å². The van der Waals surface area contributed by atoms with E-state index in [4.69, 9.17) is 11.6 Å². The molecule has 170 valence electrons. The van der Waals surface area contributed by atoms with Crippen LogP contribution >= 0.6 is 11.6 Å². The van der Waals surface area contributed by atoms with Crippen LogP contribution in [0.2, 0.25) is 5.02 Å². The molecule has 0 radical (unpaired) electrons. The van der Waals surface area contributed by atoms with E-state index in [9.17, 15) is 28.3 Å². The molecule has 1 aromatic carbocycles. The summed E-state index contributed by atoms with van der Waals surface area (Å²) in [5.41, 5.74) is -1.36. The van der Waals surface area contributed by atoms with E-state index in [1.165, 1.54) is 16.9 Å². The fraction of sp³-hybridized carbons (Fsp3) is 0.409. The zero-order valence-corrected chi connectivity index (χ0v) is 18.2. The molecule has 0 bridgehead atoms. The molecule has 3 heterocycles. The summed E-state index contributed by atoms with van der Waals surface area (Å²) in [5, 5.41) is 11.8. The first kappa shape index (κ1) is 22.3. The maximum absolute atomic E-state index is 14.1. The average Bonchev–Trinajstić information content (AvgIpc) is 2.79. The highest BCUT2D eigenvalue weighted by Gasteiger charge is 2.40. The number of halogens is 3. The molecule has 1 amide bonds. The first-order chi connectivity index (χ1) is 15.3. The third-order valence-corrected chi connectivity index (χ3v) is 6.43. The van der Waals surface area contributed by atoms with Gasteiger partial charge in [0, 0.05) is 25.7 Å². The van der Waals surface area contributed by atoms with Crippen molar-refractivity contribution in [3.8, 4) is 5.75 Å². The van der Waals surface area contributed by atoms with E-state index in [1.807, 2.05) is 11.9 Å². The molecule has 0 spiro atoms. The van der Waals surface area contributed by atoms with Crippen molar-refractivity contribution in [3.05, 3.63) is 62.0 Å². The molecule has 2 aliphatic heterocycles. The van der Waals surface area contributed by atoms with Gasteiger partial charge in [-0.3, -0.25) is 24.1 Å². The van der Waals surface area contributed by atoms with Crippen molar-refractivity contribution in [2.75, 3.05) is 18.1 Å².